The lowest BCUT2D eigenvalue weighted by atomic mass is 10.3. The Hall–Kier alpha value is 0.220. The van der Waals surface area contributed by atoms with Gasteiger partial charge in [0.2, 0.25) is 10.0 Å². The summed E-state index contributed by atoms with van der Waals surface area (Å²) in [5.41, 5.74) is 5.24. The summed E-state index contributed by atoms with van der Waals surface area (Å²) in [6, 6.07) is 0.182. The van der Waals surface area contributed by atoms with E-state index in [0.29, 0.717) is 0 Å². The molecule has 1 aliphatic rings. The average Bonchev–Trinajstić information content (AvgIpc) is 2.54. The summed E-state index contributed by atoms with van der Waals surface area (Å²) in [5, 5.41) is 0. The van der Waals surface area contributed by atoms with Crippen LogP contribution >= 0.6 is 11.8 Å². The van der Waals surface area contributed by atoms with Crippen molar-refractivity contribution in [3.05, 3.63) is 0 Å². The Kier molecular flexibility index (Phi) is 4.03. The highest BCUT2D eigenvalue weighted by Gasteiger charge is 2.28. The lowest BCUT2D eigenvalue weighted by molar-refractivity contribution is 0.395. The summed E-state index contributed by atoms with van der Waals surface area (Å²) in [7, 11) is -1.44. The number of nitrogens with zero attached hydrogens (tertiary/aromatic N) is 1. The van der Waals surface area contributed by atoms with Gasteiger partial charge in [-0.1, -0.05) is 0 Å². The second kappa shape index (κ2) is 4.63. The van der Waals surface area contributed by atoms with E-state index in [1.54, 1.807) is 7.05 Å². The molecule has 0 aromatic carbocycles. The quantitative estimate of drug-likeness (QED) is 0.713. The molecule has 2 N–H and O–H groups in total. The van der Waals surface area contributed by atoms with Gasteiger partial charge in [-0.15, -0.1) is 0 Å². The summed E-state index contributed by atoms with van der Waals surface area (Å²) < 4.78 is 24.6. The highest BCUT2D eigenvalue weighted by atomic mass is 32.2. The zero-order chi connectivity index (χ0) is 9.90. The number of thioether (sulfide) groups is 1. The fourth-order valence-corrected chi connectivity index (χ4v) is 3.91. The lowest BCUT2D eigenvalue weighted by Gasteiger charge is -2.22. The van der Waals surface area contributed by atoms with Gasteiger partial charge in [0.1, 0.15) is 0 Å². The molecular formula is C7H16N2O2S2. The molecule has 1 aliphatic heterocycles. The van der Waals surface area contributed by atoms with Gasteiger partial charge in [-0.25, -0.2) is 12.7 Å². The molecule has 0 aromatic heterocycles. The van der Waals surface area contributed by atoms with E-state index in [1.807, 2.05) is 11.8 Å². The van der Waals surface area contributed by atoms with E-state index in [-0.39, 0.29) is 18.3 Å². The first-order chi connectivity index (χ1) is 6.08. The third-order valence-electron chi connectivity index (χ3n) is 2.23. The van der Waals surface area contributed by atoms with Crippen molar-refractivity contribution in [2.75, 3.05) is 30.9 Å². The Balaban J connectivity index is 2.59. The third-order valence-corrected chi connectivity index (χ3v) is 5.31. The minimum Gasteiger partial charge on any atom is -0.329 e. The van der Waals surface area contributed by atoms with Gasteiger partial charge < -0.3 is 5.73 Å². The SMILES string of the molecule is CN(C1CCSC1)S(=O)(=O)CCN. The van der Waals surface area contributed by atoms with E-state index in [0.717, 1.165) is 17.9 Å². The van der Waals surface area contributed by atoms with E-state index in [1.165, 1.54) is 4.31 Å². The first-order valence-electron chi connectivity index (χ1n) is 4.31. The van der Waals surface area contributed by atoms with Crippen LogP contribution in [0.5, 0.6) is 0 Å². The maximum atomic E-state index is 11.6. The van der Waals surface area contributed by atoms with Crippen molar-refractivity contribution >= 4 is 21.8 Å². The maximum absolute atomic E-state index is 11.6. The van der Waals surface area contributed by atoms with Crippen LogP contribution in [0.15, 0.2) is 0 Å². The third kappa shape index (κ3) is 2.83. The van der Waals surface area contributed by atoms with Gasteiger partial charge in [-0.3, -0.25) is 0 Å². The van der Waals surface area contributed by atoms with Crippen LogP contribution in [0.3, 0.4) is 0 Å². The molecule has 0 amide bonds. The van der Waals surface area contributed by atoms with Crippen LogP contribution in [0.4, 0.5) is 0 Å². The molecule has 6 heteroatoms. The molecule has 0 aliphatic carbocycles. The summed E-state index contributed by atoms with van der Waals surface area (Å²) in [4.78, 5) is 0. The number of hydrogen-bond acceptors (Lipinski definition) is 4. The molecule has 13 heavy (non-hydrogen) atoms. The molecule has 1 fully saturated rings. The van der Waals surface area contributed by atoms with Crippen molar-refractivity contribution in [2.24, 2.45) is 5.73 Å². The van der Waals surface area contributed by atoms with Gasteiger partial charge in [-0.2, -0.15) is 11.8 Å². The smallest absolute Gasteiger partial charge is 0.215 e. The summed E-state index contributed by atoms with van der Waals surface area (Å²) in [5.74, 6) is 2.04. The molecule has 0 radical (unpaired) electrons. The Morgan fingerprint density at radius 2 is 2.31 bits per heavy atom. The minimum absolute atomic E-state index is 0.0602. The molecule has 0 saturated carbocycles. The van der Waals surface area contributed by atoms with Crippen molar-refractivity contribution in [3.63, 3.8) is 0 Å². The van der Waals surface area contributed by atoms with Crippen LogP contribution in [0.25, 0.3) is 0 Å². The van der Waals surface area contributed by atoms with E-state index >= 15 is 0 Å². The first-order valence-corrected chi connectivity index (χ1v) is 7.08. The molecule has 1 heterocycles. The Morgan fingerprint density at radius 1 is 1.62 bits per heavy atom. The topological polar surface area (TPSA) is 63.4 Å². The van der Waals surface area contributed by atoms with E-state index in [9.17, 15) is 8.42 Å². The highest BCUT2D eigenvalue weighted by molar-refractivity contribution is 7.99. The first kappa shape index (κ1) is 11.3. The number of sulfonamides is 1. The van der Waals surface area contributed by atoms with Crippen molar-refractivity contribution in [1.29, 1.82) is 0 Å². The van der Waals surface area contributed by atoms with Crippen molar-refractivity contribution < 1.29 is 8.42 Å². The van der Waals surface area contributed by atoms with Gasteiger partial charge in [0.05, 0.1) is 5.75 Å². The molecule has 4 nitrogen and oxygen atoms in total. The van der Waals surface area contributed by atoms with Crippen LogP contribution in [0, 0.1) is 0 Å². The molecule has 1 saturated heterocycles. The molecule has 0 bridgehead atoms. The van der Waals surface area contributed by atoms with Gasteiger partial charge >= 0.3 is 0 Å². The van der Waals surface area contributed by atoms with Gasteiger partial charge in [0.25, 0.3) is 0 Å². The lowest BCUT2D eigenvalue weighted by Crippen LogP contribution is -2.39. The fraction of sp³-hybridized carbons (Fsp3) is 1.00. The molecule has 1 rings (SSSR count). The Labute approximate surface area is 83.9 Å². The normalized spacial score (nSPS) is 24.1. The van der Waals surface area contributed by atoms with Crippen LogP contribution in [0.2, 0.25) is 0 Å². The monoisotopic (exact) mass is 224 g/mol. The Bertz CT molecular complexity index is 247. The van der Waals surface area contributed by atoms with Crippen LogP contribution in [-0.2, 0) is 10.0 Å². The van der Waals surface area contributed by atoms with Crippen molar-refractivity contribution in [1.82, 2.24) is 4.31 Å². The van der Waals surface area contributed by atoms with Crippen molar-refractivity contribution in [2.45, 2.75) is 12.5 Å². The molecule has 1 unspecified atom stereocenters. The molecule has 78 valence electrons. The average molecular weight is 224 g/mol. The minimum atomic E-state index is -3.10. The summed E-state index contributed by atoms with van der Waals surface area (Å²) >= 11 is 1.81. The predicted molar refractivity (Wildman–Crippen MR) is 56.3 cm³/mol. The predicted octanol–water partition coefficient (Wildman–Crippen LogP) is -0.288. The van der Waals surface area contributed by atoms with Crippen LogP contribution < -0.4 is 5.73 Å². The van der Waals surface area contributed by atoms with Gasteiger partial charge in [0, 0.05) is 25.4 Å². The van der Waals surface area contributed by atoms with Crippen LogP contribution in [-0.4, -0.2) is 49.6 Å². The summed E-state index contributed by atoms with van der Waals surface area (Å²) in [6.07, 6.45) is 0.963. The zero-order valence-corrected chi connectivity index (χ0v) is 9.40. The molecule has 0 aromatic rings. The molecule has 1 atom stereocenters. The van der Waals surface area contributed by atoms with Crippen molar-refractivity contribution in [3.8, 4) is 0 Å². The van der Waals surface area contributed by atoms with E-state index in [4.69, 9.17) is 5.73 Å². The number of nitrogens with two attached hydrogens (primary N) is 1. The van der Waals surface area contributed by atoms with E-state index < -0.39 is 10.0 Å². The summed E-state index contributed by atoms with van der Waals surface area (Å²) in [6.45, 7) is 0.201. The van der Waals surface area contributed by atoms with Gasteiger partial charge in [-0.05, 0) is 12.2 Å². The molecular weight excluding hydrogens is 208 g/mol. The Morgan fingerprint density at radius 3 is 2.77 bits per heavy atom. The zero-order valence-electron chi connectivity index (χ0n) is 7.77. The fourth-order valence-electron chi connectivity index (χ4n) is 1.33. The van der Waals surface area contributed by atoms with Crippen LogP contribution in [0.1, 0.15) is 6.42 Å². The number of rotatable bonds is 4. The van der Waals surface area contributed by atoms with E-state index in [2.05, 4.69) is 0 Å². The van der Waals surface area contributed by atoms with Gasteiger partial charge in [0.15, 0.2) is 0 Å². The second-order valence-corrected chi connectivity index (χ2v) is 6.44. The maximum Gasteiger partial charge on any atom is 0.215 e. The highest BCUT2D eigenvalue weighted by Crippen LogP contribution is 2.23. The largest absolute Gasteiger partial charge is 0.329 e. The second-order valence-electron chi connectivity index (χ2n) is 3.14. The number of hydrogen-bond donors (Lipinski definition) is 1. The molecule has 0 spiro atoms. The standard InChI is InChI=1S/C7H16N2O2S2/c1-9(7-2-4-12-6-7)13(10,11)5-3-8/h7H,2-6,8H2,1H3.